The van der Waals surface area contributed by atoms with Crippen molar-refractivity contribution in [2.45, 2.75) is 51.1 Å². The Hall–Kier alpha value is -0.563. The second-order valence-corrected chi connectivity index (χ2v) is 5.55. The van der Waals surface area contributed by atoms with Crippen molar-refractivity contribution in [1.82, 2.24) is 0 Å². The minimum atomic E-state index is 1.17. The Morgan fingerprint density at radius 2 is 1.73 bits per heavy atom. The van der Waals surface area contributed by atoms with Crippen LogP contribution in [0.4, 0.5) is 0 Å². The van der Waals surface area contributed by atoms with E-state index in [0.29, 0.717) is 0 Å². The van der Waals surface area contributed by atoms with Gasteiger partial charge in [-0.1, -0.05) is 75.0 Å². The molecule has 0 bridgehead atoms. The maximum absolute atomic E-state index is 2.28. The van der Waals surface area contributed by atoms with E-state index >= 15 is 0 Å². The molecule has 1 rings (SSSR count). The van der Waals surface area contributed by atoms with E-state index in [1.54, 1.807) is 0 Å². The molecule has 82 valence electrons. The zero-order chi connectivity index (χ0) is 10.8. The fourth-order valence-electron chi connectivity index (χ4n) is 1.68. The number of hydrogen-bond acceptors (Lipinski definition) is 0. The van der Waals surface area contributed by atoms with E-state index in [9.17, 15) is 0 Å². The Bertz CT molecular complexity index is 230. The van der Waals surface area contributed by atoms with Gasteiger partial charge in [-0.15, -0.1) is 0 Å². The normalized spacial score (nSPS) is 10.5. The van der Waals surface area contributed by atoms with Crippen LogP contribution in [0.3, 0.4) is 0 Å². The van der Waals surface area contributed by atoms with Gasteiger partial charge in [0.1, 0.15) is 0 Å². The van der Waals surface area contributed by atoms with Crippen LogP contribution in [-0.4, -0.2) is 9.52 Å². The summed E-state index contributed by atoms with van der Waals surface area (Å²) in [4.78, 5) is 0. The van der Waals surface area contributed by atoms with Gasteiger partial charge < -0.3 is 0 Å². The highest BCUT2D eigenvalue weighted by molar-refractivity contribution is 6.35. The number of hydrogen-bond donors (Lipinski definition) is 0. The van der Waals surface area contributed by atoms with Crippen LogP contribution in [0, 0.1) is 0 Å². The third kappa shape index (κ3) is 6.51. The minimum absolute atomic E-state index is 1.17. The zero-order valence-electron chi connectivity index (χ0n) is 9.84. The molecule has 0 aliphatic rings. The highest BCUT2D eigenvalue weighted by Crippen LogP contribution is 2.06. The molecule has 0 atom stereocenters. The molecule has 0 saturated heterocycles. The van der Waals surface area contributed by atoms with Gasteiger partial charge in [0.2, 0.25) is 0 Å². The van der Waals surface area contributed by atoms with Crippen molar-refractivity contribution in [3.8, 4) is 0 Å². The average molecular weight is 218 g/mol. The Balaban J connectivity index is 1.93. The first-order valence-corrected chi connectivity index (χ1v) is 7.59. The summed E-state index contributed by atoms with van der Waals surface area (Å²) in [7, 11) is 1.17. The predicted molar refractivity (Wildman–Crippen MR) is 69.7 cm³/mol. The van der Waals surface area contributed by atoms with Crippen LogP contribution in [0.15, 0.2) is 30.3 Å². The number of rotatable bonds is 8. The second kappa shape index (κ2) is 8.72. The van der Waals surface area contributed by atoms with Crippen LogP contribution in [0.2, 0.25) is 12.1 Å². The van der Waals surface area contributed by atoms with Gasteiger partial charge in [0.15, 0.2) is 0 Å². The van der Waals surface area contributed by atoms with Crippen LogP contribution in [0.5, 0.6) is 0 Å². The van der Waals surface area contributed by atoms with E-state index in [1.165, 1.54) is 59.3 Å². The molecule has 0 heterocycles. The molecule has 0 aliphatic heterocycles. The van der Waals surface area contributed by atoms with Crippen LogP contribution < -0.4 is 0 Å². The summed E-state index contributed by atoms with van der Waals surface area (Å²) in [6, 6.07) is 13.7. The third-order valence-corrected chi connectivity index (χ3v) is 3.95. The van der Waals surface area contributed by atoms with Crippen molar-refractivity contribution in [2.75, 3.05) is 0 Å². The molecule has 1 aromatic carbocycles. The Morgan fingerprint density at radius 1 is 0.933 bits per heavy atom. The Kier molecular flexibility index (Phi) is 7.27. The largest absolute Gasteiger partial charge is 0.0654 e. The average Bonchev–Trinajstić information content (AvgIpc) is 2.29. The molecule has 0 spiro atoms. The van der Waals surface area contributed by atoms with Crippen LogP contribution >= 0.6 is 0 Å². The first-order valence-electron chi connectivity index (χ1n) is 6.18. The monoisotopic (exact) mass is 218 g/mol. The summed E-state index contributed by atoms with van der Waals surface area (Å²) < 4.78 is 0. The molecule has 0 nitrogen and oxygen atoms in total. The highest BCUT2D eigenvalue weighted by Gasteiger charge is 1.93. The van der Waals surface area contributed by atoms with Crippen LogP contribution in [-0.2, 0) is 6.42 Å². The molecule has 2 radical (unpaired) electrons. The van der Waals surface area contributed by atoms with Gasteiger partial charge >= 0.3 is 0 Å². The summed E-state index contributed by atoms with van der Waals surface area (Å²) in [5.74, 6) is 0. The predicted octanol–water partition coefficient (Wildman–Crippen LogP) is 4.35. The molecule has 0 saturated carbocycles. The Labute approximate surface area is 96.9 Å². The fourth-order valence-corrected chi connectivity index (χ4v) is 2.89. The van der Waals surface area contributed by atoms with Crippen molar-refractivity contribution in [3.05, 3.63) is 35.9 Å². The van der Waals surface area contributed by atoms with Gasteiger partial charge in [-0.25, -0.2) is 0 Å². The van der Waals surface area contributed by atoms with Crippen LogP contribution in [0.1, 0.15) is 38.2 Å². The molecular formula is C14H22Si. The molecule has 0 amide bonds. The molecule has 1 aromatic rings. The summed E-state index contributed by atoms with van der Waals surface area (Å²) in [6.45, 7) is 2.28. The van der Waals surface area contributed by atoms with Crippen molar-refractivity contribution in [2.24, 2.45) is 0 Å². The first-order chi connectivity index (χ1) is 7.43. The van der Waals surface area contributed by atoms with Gasteiger partial charge in [0, 0.05) is 9.52 Å². The summed E-state index contributed by atoms with van der Waals surface area (Å²) in [5, 5.41) is 0. The standard InChI is InChI=1S/C14H22Si/c1-2-3-4-8-12-15-13-11-14-9-6-5-7-10-14/h5-7,9-10H,2-4,8,11-13H2,1H3. The van der Waals surface area contributed by atoms with Crippen molar-refractivity contribution >= 4 is 9.52 Å². The zero-order valence-corrected chi connectivity index (χ0v) is 10.8. The molecular weight excluding hydrogens is 196 g/mol. The second-order valence-electron chi connectivity index (χ2n) is 4.05. The molecule has 0 aromatic heterocycles. The van der Waals surface area contributed by atoms with Crippen molar-refractivity contribution in [1.29, 1.82) is 0 Å². The van der Waals surface area contributed by atoms with E-state index in [4.69, 9.17) is 0 Å². The maximum Gasteiger partial charge on any atom is 0.0381 e. The summed E-state index contributed by atoms with van der Waals surface area (Å²) in [5.41, 5.74) is 1.50. The van der Waals surface area contributed by atoms with Crippen molar-refractivity contribution in [3.63, 3.8) is 0 Å². The quantitative estimate of drug-likeness (QED) is 0.449. The lowest BCUT2D eigenvalue weighted by Crippen LogP contribution is -1.93. The van der Waals surface area contributed by atoms with E-state index in [0.717, 1.165) is 0 Å². The van der Waals surface area contributed by atoms with E-state index < -0.39 is 0 Å². The molecule has 0 N–H and O–H groups in total. The van der Waals surface area contributed by atoms with Crippen LogP contribution in [0.25, 0.3) is 0 Å². The molecule has 15 heavy (non-hydrogen) atoms. The van der Waals surface area contributed by atoms with E-state index in [-0.39, 0.29) is 0 Å². The number of benzene rings is 1. The summed E-state index contributed by atoms with van der Waals surface area (Å²) in [6.07, 6.45) is 6.93. The van der Waals surface area contributed by atoms with E-state index in [2.05, 4.69) is 37.3 Å². The van der Waals surface area contributed by atoms with E-state index in [1.807, 2.05) is 0 Å². The number of aryl methyl sites for hydroxylation is 1. The number of unbranched alkanes of at least 4 members (excludes halogenated alkanes) is 3. The SMILES string of the molecule is CCCCCC[Si]CCc1ccccc1. The lowest BCUT2D eigenvalue weighted by Gasteiger charge is -2.00. The third-order valence-electron chi connectivity index (χ3n) is 2.64. The fraction of sp³-hybridized carbons (Fsp3) is 0.571. The molecule has 0 fully saturated rings. The van der Waals surface area contributed by atoms with Gasteiger partial charge in [-0.3, -0.25) is 0 Å². The Morgan fingerprint density at radius 3 is 2.47 bits per heavy atom. The lowest BCUT2D eigenvalue weighted by atomic mass is 10.2. The van der Waals surface area contributed by atoms with Gasteiger partial charge in [-0.2, -0.15) is 0 Å². The van der Waals surface area contributed by atoms with Gasteiger partial charge in [0.25, 0.3) is 0 Å². The minimum Gasteiger partial charge on any atom is -0.0654 e. The molecule has 0 aliphatic carbocycles. The van der Waals surface area contributed by atoms with Crippen molar-refractivity contribution < 1.29 is 0 Å². The maximum atomic E-state index is 2.28. The lowest BCUT2D eigenvalue weighted by molar-refractivity contribution is 0.699. The first kappa shape index (κ1) is 12.5. The topological polar surface area (TPSA) is 0 Å². The highest BCUT2D eigenvalue weighted by atomic mass is 28.2. The van der Waals surface area contributed by atoms with Gasteiger partial charge in [0.05, 0.1) is 0 Å². The molecule has 1 heteroatoms. The summed E-state index contributed by atoms with van der Waals surface area (Å²) >= 11 is 0. The molecule has 0 unspecified atom stereocenters. The van der Waals surface area contributed by atoms with Gasteiger partial charge in [-0.05, 0) is 12.0 Å². The smallest absolute Gasteiger partial charge is 0.0381 e.